The minimum absolute atomic E-state index is 0.000404. The number of aryl methyl sites for hydroxylation is 1. The molecule has 7 nitrogen and oxygen atoms in total. The zero-order valence-corrected chi connectivity index (χ0v) is 27.9. The first kappa shape index (κ1) is 34.7. The Balaban J connectivity index is 1.93. The molecule has 3 aromatic carbocycles. The zero-order chi connectivity index (χ0) is 31.7. The van der Waals surface area contributed by atoms with Gasteiger partial charge in [0, 0.05) is 47.5 Å². The van der Waals surface area contributed by atoms with E-state index in [9.17, 15) is 18.0 Å². The summed E-state index contributed by atoms with van der Waals surface area (Å²) < 4.78 is 26.8. The van der Waals surface area contributed by atoms with Gasteiger partial charge in [-0.15, -0.1) is 0 Å². The van der Waals surface area contributed by atoms with E-state index in [1.165, 1.54) is 9.21 Å². The minimum Gasteiger partial charge on any atom is -0.354 e. The maximum Gasteiger partial charge on any atom is 0.243 e. The first-order chi connectivity index (χ1) is 20.3. The molecule has 232 valence electrons. The second-order valence-electron chi connectivity index (χ2n) is 11.0. The molecule has 0 spiro atoms. The number of benzene rings is 3. The van der Waals surface area contributed by atoms with Crippen molar-refractivity contribution >= 4 is 62.3 Å². The van der Waals surface area contributed by atoms with Crippen molar-refractivity contribution in [3.8, 4) is 0 Å². The zero-order valence-electron chi connectivity index (χ0n) is 24.8. The van der Waals surface area contributed by atoms with E-state index in [-0.39, 0.29) is 43.7 Å². The first-order valence-electron chi connectivity index (χ1n) is 14.0. The summed E-state index contributed by atoms with van der Waals surface area (Å²) >= 11 is 18.8. The number of anilines is 1. The Hall–Kier alpha value is -2.78. The number of rotatable bonds is 14. The summed E-state index contributed by atoms with van der Waals surface area (Å²) in [5, 5.41) is 4.24. The van der Waals surface area contributed by atoms with Crippen molar-refractivity contribution in [3.63, 3.8) is 0 Å². The van der Waals surface area contributed by atoms with Crippen LogP contribution >= 0.6 is 34.8 Å². The van der Waals surface area contributed by atoms with Crippen molar-refractivity contribution < 1.29 is 18.0 Å². The maximum atomic E-state index is 14.0. The number of nitrogens with one attached hydrogen (secondary N) is 1. The Bertz CT molecular complexity index is 1520. The van der Waals surface area contributed by atoms with Crippen LogP contribution < -0.4 is 9.62 Å². The molecule has 0 heterocycles. The van der Waals surface area contributed by atoms with Gasteiger partial charge in [-0.2, -0.15) is 0 Å². The highest BCUT2D eigenvalue weighted by molar-refractivity contribution is 7.92. The topological polar surface area (TPSA) is 86.8 Å². The van der Waals surface area contributed by atoms with Crippen molar-refractivity contribution in [2.45, 2.75) is 52.6 Å². The molecule has 11 heteroatoms. The summed E-state index contributed by atoms with van der Waals surface area (Å²) in [4.78, 5) is 29.1. The molecule has 0 saturated heterocycles. The second kappa shape index (κ2) is 15.8. The molecule has 0 aliphatic rings. The molecule has 3 aromatic rings. The number of hydrogen-bond acceptors (Lipinski definition) is 4. The van der Waals surface area contributed by atoms with Crippen molar-refractivity contribution in [1.82, 2.24) is 10.2 Å². The van der Waals surface area contributed by atoms with Gasteiger partial charge < -0.3 is 10.2 Å². The molecule has 2 amide bonds. The minimum atomic E-state index is -3.66. The highest BCUT2D eigenvalue weighted by Crippen LogP contribution is 2.28. The Morgan fingerprint density at radius 1 is 0.930 bits per heavy atom. The van der Waals surface area contributed by atoms with E-state index in [0.717, 1.165) is 17.4 Å². The van der Waals surface area contributed by atoms with Gasteiger partial charge in [0.15, 0.2) is 0 Å². The normalized spacial score (nSPS) is 12.2. The van der Waals surface area contributed by atoms with Crippen molar-refractivity contribution in [3.05, 3.63) is 98.5 Å². The van der Waals surface area contributed by atoms with Gasteiger partial charge in [0.2, 0.25) is 21.8 Å². The summed E-state index contributed by atoms with van der Waals surface area (Å²) in [5.74, 6) is -0.362. The summed E-state index contributed by atoms with van der Waals surface area (Å²) in [6.45, 7) is 6.39. The van der Waals surface area contributed by atoms with Gasteiger partial charge >= 0.3 is 0 Å². The van der Waals surface area contributed by atoms with Gasteiger partial charge in [0.1, 0.15) is 6.04 Å². The van der Waals surface area contributed by atoms with E-state index in [1.54, 1.807) is 43.3 Å². The molecular formula is C32H38Cl3N3O4S. The predicted octanol–water partition coefficient (Wildman–Crippen LogP) is 6.91. The van der Waals surface area contributed by atoms with E-state index in [2.05, 4.69) is 5.32 Å². The summed E-state index contributed by atoms with van der Waals surface area (Å²) in [6, 6.07) is 18.7. The number of carbonyl (C=O) groups is 2. The van der Waals surface area contributed by atoms with E-state index < -0.39 is 16.1 Å². The van der Waals surface area contributed by atoms with Gasteiger partial charge in [-0.1, -0.05) is 91.1 Å². The van der Waals surface area contributed by atoms with Crippen LogP contribution in [0.4, 0.5) is 5.69 Å². The molecule has 43 heavy (non-hydrogen) atoms. The number of carbonyl (C=O) groups excluding carboxylic acids is 2. The lowest BCUT2D eigenvalue weighted by Crippen LogP contribution is -2.51. The van der Waals surface area contributed by atoms with E-state index in [0.29, 0.717) is 39.3 Å². The third-order valence-corrected chi connectivity index (χ3v) is 8.91. The Labute approximate surface area is 270 Å². The van der Waals surface area contributed by atoms with E-state index in [4.69, 9.17) is 34.8 Å². The van der Waals surface area contributed by atoms with Crippen LogP contribution in [0.2, 0.25) is 15.1 Å². The average Bonchev–Trinajstić information content (AvgIpc) is 2.94. The molecule has 0 radical (unpaired) electrons. The fraction of sp³-hybridized carbons (Fsp3) is 0.375. The third kappa shape index (κ3) is 10.4. The quantitative estimate of drug-likeness (QED) is 0.203. The molecule has 1 atom stereocenters. The lowest BCUT2D eigenvalue weighted by atomic mass is 10.0. The highest BCUT2D eigenvalue weighted by Gasteiger charge is 2.31. The Morgan fingerprint density at radius 3 is 2.21 bits per heavy atom. The Kier molecular flexibility index (Phi) is 12.8. The molecule has 0 aliphatic carbocycles. The largest absolute Gasteiger partial charge is 0.354 e. The fourth-order valence-electron chi connectivity index (χ4n) is 4.64. The SMILES string of the molecule is Cc1ccc(Cl)cc1N(CCCC(=O)N(Cc1ccc(Cl)cc1Cl)[C@H](Cc1ccccc1)C(=O)NCC(C)C)S(C)(=O)=O. The van der Waals surface area contributed by atoms with Gasteiger partial charge in [0.05, 0.1) is 11.9 Å². The van der Waals surface area contributed by atoms with Crippen LogP contribution in [-0.4, -0.2) is 50.5 Å². The first-order valence-corrected chi connectivity index (χ1v) is 17.0. The molecule has 0 saturated carbocycles. The number of halogens is 3. The second-order valence-corrected chi connectivity index (χ2v) is 14.2. The van der Waals surface area contributed by atoms with Gasteiger partial charge in [-0.25, -0.2) is 8.42 Å². The average molecular weight is 667 g/mol. The summed E-state index contributed by atoms with van der Waals surface area (Å²) in [6.07, 6.45) is 1.63. The van der Waals surface area contributed by atoms with Gasteiger partial charge in [-0.05, 0) is 60.2 Å². The van der Waals surface area contributed by atoms with Crippen molar-refractivity contribution in [2.75, 3.05) is 23.7 Å². The lowest BCUT2D eigenvalue weighted by molar-refractivity contribution is -0.141. The predicted molar refractivity (Wildman–Crippen MR) is 176 cm³/mol. The molecule has 3 rings (SSSR count). The van der Waals surface area contributed by atoms with Gasteiger partial charge in [0.25, 0.3) is 0 Å². The van der Waals surface area contributed by atoms with E-state index >= 15 is 0 Å². The number of nitrogens with zero attached hydrogens (tertiary/aromatic N) is 2. The lowest BCUT2D eigenvalue weighted by Gasteiger charge is -2.32. The van der Waals surface area contributed by atoms with Crippen LogP contribution in [0, 0.1) is 12.8 Å². The Morgan fingerprint density at radius 2 is 1.58 bits per heavy atom. The molecule has 0 aromatic heterocycles. The molecular weight excluding hydrogens is 629 g/mol. The van der Waals surface area contributed by atoms with Crippen LogP contribution in [0.5, 0.6) is 0 Å². The molecule has 0 unspecified atom stereocenters. The van der Waals surface area contributed by atoms with Crippen LogP contribution in [0.1, 0.15) is 43.4 Å². The van der Waals surface area contributed by atoms with Gasteiger partial charge in [-0.3, -0.25) is 13.9 Å². The maximum absolute atomic E-state index is 14.0. The number of hydrogen-bond donors (Lipinski definition) is 1. The molecule has 0 aliphatic heterocycles. The van der Waals surface area contributed by atoms with Crippen LogP contribution in [0.25, 0.3) is 0 Å². The summed E-state index contributed by atoms with van der Waals surface area (Å²) in [7, 11) is -3.66. The fourth-order valence-corrected chi connectivity index (χ4v) is 6.29. The molecule has 0 fully saturated rings. The van der Waals surface area contributed by atoms with Crippen molar-refractivity contribution in [2.24, 2.45) is 5.92 Å². The monoisotopic (exact) mass is 665 g/mol. The smallest absolute Gasteiger partial charge is 0.243 e. The standard InChI is InChI=1S/C32H38Cl3N3O4S/c1-22(2)20-36-32(40)30(17-24-9-6-5-7-10-24)37(21-25-13-15-26(33)18-28(25)35)31(39)11-8-16-38(43(4,41)42)29-19-27(34)14-12-23(29)3/h5-7,9-10,12-15,18-19,22,30H,8,11,16-17,20-21H2,1-4H3,(H,36,40)/t30-/m1/s1. The number of sulfonamides is 1. The number of amides is 2. The van der Waals surface area contributed by atoms with Crippen LogP contribution in [0.15, 0.2) is 66.7 Å². The molecule has 1 N–H and O–H groups in total. The van der Waals surface area contributed by atoms with Crippen LogP contribution in [0.3, 0.4) is 0 Å². The van der Waals surface area contributed by atoms with Crippen molar-refractivity contribution in [1.29, 1.82) is 0 Å². The molecule has 0 bridgehead atoms. The third-order valence-electron chi connectivity index (χ3n) is 6.90. The van der Waals surface area contributed by atoms with E-state index in [1.807, 2.05) is 44.2 Å². The van der Waals surface area contributed by atoms with Crippen LogP contribution in [-0.2, 0) is 32.6 Å². The summed E-state index contributed by atoms with van der Waals surface area (Å²) in [5.41, 5.74) is 2.74. The highest BCUT2D eigenvalue weighted by atomic mass is 35.5.